The number of anilines is 1. The number of hydrogen-bond acceptors (Lipinski definition) is 3. The van der Waals surface area contributed by atoms with Gasteiger partial charge in [-0.3, -0.25) is 9.59 Å². The summed E-state index contributed by atoms with van der Waals surface area (Å²) in [6, 6.07) is 13.9. The number of carboxylic acid groups (broad SMARTS) is 1. The fourth-order valence-corrected chi connectivity index (χ4v) is 2.05. The Morgan fingerprint density at radius 2 is 1.75 bits per heavy atom. The molecule has 126 valence electrons. The SMILES string of the molecule is CC(COc1ccc(CC(=O)Nc2ccc(Cl)cc2)cc1)C(=O)O. The first-order valence-electron chi connectivity index (χ1n) is 7.44. The highest BCUT2D eigenvalue weighted by atomic mass is 35.5. The van der Waals surface area contributed by atoms with Gasteiger partial charge in [-0.2, -0.15) is 0 Å². The molecule has 0 aliphatic carbocycles. The first-order chi connectivity index (χ1) is 11.4. The van der Waals surface area contributed by atoms with Gasteiger partial charge in [0.2, 0.25) is 5.91 Å². The fourth-order valence-electron chi connectivity index (χ4n) is 1.92. The Morgan fingerprint density at radius 1 is 1.12 bits per heavy atom. The van der Waals surface area contributed by atoms with E-state index in [-0.39, 0.29) is 18.9 Å². The summed E-state index contributed by atoms with van der Waals surface area (Å²) in [7, 11) is 0. The van der Waals surface area contributed by atoms with Crippen molar-refractivity contribution in [3.05, 3.63) is 59.1 Å². The third kappa shape index (κ3) is 5.59. The number of rotatable bonds is 7. The molecule has 2 aromatic rings. The van der Waals surface area contributed by atoms with Crippen LogP contribution in [0.3, 0.4) is 0 Å². The quantitative estimate of drug-likeness (QED) is 0.802. The monoisotopic (exact) mass is 347 g/mol. The largest absolute Gasteiger partial charge is 0.493 e. The molecule has 0 heterocycles. The molecular formula is C18H18ClNO4. The molecule has 0 saturated heterocycles. The highest BCUT2D eigenvalue weighted by molar-refractivity contribution is 6.30. The van der Waals surface area contributed by atoms with E-state index in [1.165, 1.54) is 0 Å². The molecule has 2 aromatic carbocycles. The van der Waals surface area contributed by atoms with Gasteiger partial charge in [0.25, 0.3) is 0 Å². The molecule has 1 unspecified atom stereocenters. The highest BCUT2D eigenvalue weighted by Crippen LogP contribution is 2.16. The predicted octanol–water partition coefficient (Wildman–Crippen LogP) is 3.62. The topological polar surface area (TPSA) is 75.6 Å². The molecular weight excluding hydrogens is 330 g/mol. The van der Waals surface area contributed by atoms with E-state index in [2.05, 4.69) is 5.32 Å². The maximum absolute atomic E-state index is 12.0. The standard InChI is InChI=1S/C18H18ClNO4/c1-12(18(22)23)11-24-16-8-2-13(3-9-16)10-17(21)20-15-6-4-14(19)5-7-15/h2-9,12H,10-11H2,1H3,(H,20,21)(H,22,23). The lowest BCUT2D eigenvalue weighted by Gasteiger charge is -2.10. The first-order valence-corrected chi connectivity index (χ1v) is 7.82. The molecule has 0 spiro atoms. The Morgan fingerprint density at radius 3 is 2.33 bits per heavy atom. The van der Waals surface area contributed by atoms with Crippen LogP contribution in [0, 0.1) is 5.92 Å². The van der Waals surface area contributed by atoms with E-state index in [1.807, 2.05) is 0 Å². The van der Waals surface area contributed by atoms with Crippen LogP contribution in [0.5, 0.6) is 5.75 Å². The van der Waals surface area contributed by atoms with Gasteiger partial charge in [0.05, 0.1) is 12.3 Å². The van der Waals surface area contributed by atoms with E-state index >= 15 is 0 Å². The van der Waals surface area contributed by atoms with Crippen LogP contribution in [0.25, 0.3) is 0 Å². The minimum absolute atomic E-state index is 0.103. The van der Waals surface area contributed by atoms with Crippen LogP contribution in [-0.2, 0) is 16.0 Å². The van der Waals surface area contributed by atoms with Crippen LogP contribution in [0.1, 0.15) is 12.5 Å². The Balaban J connectivity index is 1.85. The van der Waals surface area contributed by atoms with Gasteiger partial charge in [-0.25, -0.2) is 0 Å². The van der Waals surface area contributed by atoms with E-state index in [4.69, 9.17) is 21.4 Å². The second-order valence-corrected chi connectivity index (χ2v) is 5.86. The third-order valence-corrected chi connectivity index (χ3v) is 3.59. The van der Waals surface area contributed by atoms with Crippen molar-refractivity contribution in [2.45, 2.75) is 13.3 Å². The van der Waals surface area contributed by atoms with Crippen molar-refractivity contribution in [2.75, 3.05) is 11.9 Å². The van der Waals surface area contributed by atoms with Gasteiger partial charge < -0.3 is 15.2 Å². The number of ether oxygens (including phenoxy) is 1. The van der Waals surface area contributed by atoms with Crippen LogP contribution in [0.4, 0.5) is 5.69 Å². The van der Waals surface area contributed by atoms with Crippen molar-refractivity contribution in [1.82, 2.24) is 0 Å². The zero-order valence-corrected chi connectivity index (χ0v) is 13.9. The van der Waals surface area contributed by atoms with E-state index in [0.717, 1.165) is 5.56 Å². The van der Waals surface area contributed by atoms with Crippen LogP contribution in [0.2, 0.25) is 5.02 Å². The Hall–Kier alpha value is -2.53. The van der Waals surface area contributed by atoms with Gasteiger partial charge >= 0.3 is 5.97 Å². The molecule has 1 atom stereocenters. The Kier molecular flexibility index (Phi) is 6.21. The molecule has 2 N–H and O–H groups in total. The van der Waals surface area contributed by atoms with Crippen molar-refractivity contribution < 1.29 is 19.4 Å². The molecule has 0 saturated carbocycles. The van der Waals surface area contributed by atoms with Crippen LogP contribution in [0.15, 0.2) is 48.5 Å². The fraction of sp³-hybridized carbons (Fsp3) is 0.222. The molecule has 0 aliphatic rings. The summed E-state index contributed by atoms with van der Waals surface area (Å²) in [6.07, 6.45) is 0.231. The average Bonchev–Trinajstić information content (AvgIpc) is 2.56. The van der Waals surface area contributed by atoms with Gasteiger partial charge in [0.1, 0.15) is 12.4 Å². The summed E-state index contributed by atoms with van der Waals surface area (Å²) in [5.74, 6) is -1.03. The highest BCUT2D eigenvalue weighted by Gasteiger charge is 2.11. The van der Waals surface area contributed by atoms with Crippen LogP contribution in [-0.4, -0.2) is 23.6 Å². The molecule has 0 fully saturated rings. The molecule has 6 heteroatoms. The van der Waals surface area contributed by atoms with E-state index < -0.39 is 11.9 Å². The second-order valence-electron chi connectivity index (χ2n) is 5.43. The number of hydrogen-bond donors (Lipinski definition) is 2. The minimum atomic E-state index is -0.898. The van der Waals surface area contributed by atoms with Crippen LogP contribution < -0.4 is 10.1 Å². The maximum atomic E-state index is 12.0. The molecule has 2 rings (SSSR count). The zero-order chi connectivity index (χ0) is 17.5. The third-order valence-electron chi connectivity index (χ3n) is 3.34. The summed E-state index contributed by atoms with van der Waals surface area (Å²) < 4.78 is 5.40. The minimum Gasteiger partial charge on any atom is -0.493 e. The summed E-state index contributed by atoms with van der Waals surface area (Å²) in [5, 5.41) is 12.2. The normalized spacial score (nSPS) is 11.6. The smallest absolute Gasteiger partial charge is 0.309 e. The zero-order valence-electron chi connectivity index (χ0n) is 13.2. The summed E-state index contributed by atoms with van der Waals surface area (Å²) in [6.45, 7) is 1.68. The van der Waals surface area contributed by atoms with Gasteiger partial charge in [-0.1, -0.05) is 23.7 Å². The van der Waals surface area contributed by atoms with Gasteiger partial charge in [0, 0.05) is 10.7 Å². The van der Waals surface area contributed by atoms with Gasteiger partial charge in [-0.05, 0) is 48.9 Å². The summed E-state index contributed by atoms with van der Waals surface area (Å²) >= 11 is 5.80. The molecule has 0 bridgehead atoms. The molecule has 0 aliphatic heterocycles. The Labute approximate surface area is 145 Å². The first kappa shape index (κ1) is 17.8. The maximum Gasteiger partial charge on any atom is 0.309 e. The lowest BCUT2D eigenvalue weighted by Crippen LogP contribution is -2.18. The van der Waals surface area contributed by atoms with E-state index in [9.17, 15) is 9.59 Å². The van der Waals surface area contributed by atoms with Crippen molar-refractivity contribution in [2.24, 2.45) is 5.92 Å². The lowest BCUT2D eigenvalue weighted by atomic mass is 10.1. The van der Waals surface area contributed by atoms with Crippen molar-refractivity contribution in [1.29, 1.82) is 0 Å². The van der Waals surface area contributed by atoms with Crippen molar-refractivity contribution in [3.8, 4) is 5.75 Å². The van der Waals surface area contributed by atoms with Crippen molar-refractivity contribution >= 4 is 29.2 Å². The number of halogens is 1. The average molecular weight is 348 g/mol. The molecule has 24 heavy (non-hydrogen) atoms. The molecule has 1 amide bonds. The van der Waals surface area contributed by atoms with E-state index in [0.29, 0.717) is 16.5 Å². The second kappa shape index (κ2) is 8.36. The number of carbonyl (C=O) groups excluding carboxylic acids is 1. The number of amides is 1. The number of carbonyl (C=O) groups is 2. The van der Waals surface area contributed by atoms with Crippen molar-refractivity contribution in [3.63, 3.8) is 0 Å². The number of nitrogens with one attached hydrogen (secondary N) is 1. The molecule has 5 nitrogen and oxygen atoms in total. The van der Waals surface area contributed by atoms with Gasteiger partial charge in [-0.15, -0.1) is 0 Å². The predicted molar refractivity (Wildman–Crippen MR) is 92.5 cm³/mol. The number of benzene rings is 2. The molecule has 0 radical (unpaired) electrons. The van der Waals surface area contributed by atoms with Gasteiger partial charge in [0.15, 0.2) is 0 Å². The number of aliphatic carboxylic acids is 1. The van der Waals surface area contributed by atoms with Crippen LogP contribution >= 0.6 is 11.6 Å². The summed E-state index contributed by atoms with van der Waals surface area (Å²) in [5.41, 5.74) is 1.52. The Bertz CT molecular complexity index is 698. The van der Waals surface area contributed by atoms with E-state index in [1.54, 1.807) is 55.5 Å². The lowest BCUT2D eigenvalue weighted by molar-refractivity contribution is -0.142. The molecule has 0 aromatic heterocycles. The number of carboxylic acids is 1. The summed E-state index contributed by atoms with van der Waals surface area (Å²) in [4.78, 5) is 22.7.